The zero-order valence-corrected chi connectivity index (χ0v) is 15.6. The summed E-state index contributed by atoms with van der Waals surface area (Å²) < 4.78 is 14.1. The second-order valence-corrected chi connectivity index (χ2v) is 7.12. The van der Waals surface area contributed by atoms with E-state index in [-0.39, 0.29) is 17.2 Å². The molecule has 1 fully saturated rings. The van der Waals surface area contributed by atoms with Gasteiger partial charge in [0.15, 0.2) is 0 Å². The molecule has 2 aromatic carbocycles. The number of rotatable bonds is 3. The lowest BCUT2D eigenvalue weighted by atomic mass is 10.1. The third-order valence-electron chi connectivity index (χ3n) is 5.02. The van der Waals surface area contributed by atoms with E-state index in [0.29, 0.717) is 31.5 Å². The van der Waals surface area contributed by atoms with Crippen LogP contribution in [-0.4, -0.2) is 46.0 Å². The van der Waals surface area contributed by atoms with Gasteiger partial charge in [0.2, 0.25) is 0 Å². The Kier molecular flexibility index (Phi) is 5.22. The van der Waals surface area contributed by atoms with Gasteiger partial charge in [-0.15, -0.1) is 0 Å². The molecule has 2 N–H and O–H groups in total. The van der Waals surface area contributed by atoms with Gasteiger partial charge in [-0.1, -0.05) is 6.07 Å². The van der Waals surface area contributed by atoms with Crippen LogP contribution >= 0.6 is 0 Å². The zero-order chi connectivity index (χ0) is 20.4. The number of benzene rings is 2. The predicted molar refractivity (Wildman–Crippen MR) is 107 cm³/mol. The number of nitrogens with zero attached hydrogens (tertiary/aromatic N) is 2. The number of amides is 2. The molecule has 2 heterocycles. The van der Waals surface area contributed by atoms with Gasteiger partial charge in [-0.2, -0.15) is 0 Å². The Labute approximate surface area is 167 Å². The largest absolute Gasteiger partial charge is 0.393 e. The molecule has 0 spiro atoms. The van der Waals surface area contributed by atoms with Gasteiger partial charge in [0.05, 0.1) is 11.6 Å². The number of pyridine rings is 1. The first-order valence-electron chi connectivity index (χ1n) is 9.44. The summed E-state index contributed by atoms with van der Waals surface area (Å²) in [5.41, 5.74) is 1.56. The summed E-state index contributed by atoms with van der Waals surface area (Å²) in [5.74, 6) is -1.32. The summed E-state index contributed by atoms with van der Waals surface area (Å²) in [7, 11) is 0. The van der Waals surface area contributed by atoms with Gasteiger partial charge >= 0.3 is 0 Å². The van der Waals surface area contributed by atoms with Crippen LogP contribution in [0.2, 0.25) is 0 Å². The van der Waals surface area contributed by atoms with Gasteiger partial charge in [0.25, 0.3) is 11.8 Å². The van der Waals surface area contributed by atoms with Crippen LogP contribution in [0.5, 0.6) is 0 Å². The van der Waals surface area contributed by atoms with Crippen molar-refractivity contribution >= 4 is 28.4 Å². The molecule has 0 atom stereocenters. The SMILES string of the molecule is O=C(Nc1cc(F)cc(C(=O)N2CCC(O)CC2)c1)c1ccc2ncccc2c1. The van der Waals surface area contributed by atoms with E-state index in [9.17, 15) is 19.1 Å². The number of likely N-dealkylation sites (tertiary alicyclic amines) is 1. The van der Waals surface area contributed by atoms with Crippen molar-refractivity contribution in [3.05, 3.63) is 71.7 Å². The van der Waals surface area contributed by atoms with Crippen molar-refractivity contribution in [1.82, 2.24) is 9.88 Å². The molecular weight excluding hydrogens is 373 g/mol. The number of aliphatic hydroxyl groups is 1. The summed E-state index contributed by atoms with van der Waals surface area (Å²) >= 11 is 0. The Balaban J connectivity index is 1.53. The monoisotopic (exact) mass is 393 g/mol. The minimum atomic E-state index is -0.606. The van der Waals surface area contributed by atoms with Crippen molar-refractivity contribution < 1.29 is 19.1 Å². The average Bonchev–Trinajstić information content (AvgIpc) is 2.73. The third kappa shape index (κ3) is 4.25. The minimum Gasteiger partial charge on any atom is -0.393 e. The normalized spacial score (nSPS) is 14.8. The molecule has 3 aromatic rings. The van der Waals surface area contributed by atoms with Crippen LogP contribution in [0.25, 0.3) is 10.9 Å². The smallest absolute Gasteiger partial charge is 0.255 e. The number of halogens is 1. The van der Waals surface area contributed by atoms with Gasteiger partial charge in [-0.05, 0) is 55.3 Å². The quantitative estimate of drug-likeness (QED) is 0.716. The highest BCUT2D eigenvalue weighted by atomic mass is 19.1. The Bertz CT molecular complexity index is 1080. The van der Waals surface area contributed by atoms with Crippen molar-refractivity contribution in [1.29, 1.82) is 0 Å². The van der Waals surface area contributed by atoms with Crippen LogP contribution < -0.4 is 5.32 Å². The first kappa shape index (κ1) is 19.0. The lowest BCUT2D eigenvalue weighted by molar-refractivity contribution is 0.0546. The molecule has 1 aromatic heterocycles. The number of carbonyl (C=O) groups excluding carboxylic acids is 2. The number of piperidine rings is 1. The number of hydrogen-bond acceptors (Lipinski definition) is 4. The maximum absolute atomic E-state index is 14.1. The van der Waals surface area contributed by atoms with E-state index in [1.165, 1.54) is 12.1 Å². The van der Waals surface area contributed by atoms with E-state index in [4.69, 9.17) is 0 Å². The average molecular weight is 393 g/mol. The van der Waals surface area contributed by atoms with Crippen LogP contribution in [0.15, 0.2) is 54.7 Å². The lowest BCUT2D eigenvalue weighted by Crippen LogP contribution is -2.40. The molecule has 148 valence electrons. The highest BCUT2D eigenvalue weighted by Crippen LogP contribution is 2.20. The standard InChI is InChI=1S/C22H20FN3O3/c23-17-11-16(22(29)26-8-5-19(27)6-9-26)12-18(13-17)25-21(28)15-3-4-20-14(10-15)2-1-7-24-20/h1-4,7,10-13,19,27H,5-6,8-9H2,(H,25,28). The van der Waals surface area contributed by atoms with Gasteiger partial charge in [-0.25, -0.2) is 4.39 Å². The fourth-order valence-electron chi connectivity index (χ4n) is 3.46. The van der Waals surface area contributed by atoms with Crippen LogP contribution in [-0.2, 0) is 0 Å². The van der Waals surface area contributed by atoms with E-state index in [1.807, 2.05) is 6.07 Å². The minimum absolute atomic E-state index is 0.166. The molecule has 1 aliphatic heterocycles. The van der Waals surface area contributed by atoms with E-state index in [0.717, 1.165) is 17.0 Å². The molecule has 29 heavy (non-hydrogen) atoms. The molecule has 7 heteroatoms. The van der Waals surface area contributed by atoms with Crippen molar-refractivity contribution in [3.63, 3.8) is 0 Å². The fraction of sp³-hybridized carbons (Fsp3) is 0.227. The number of aliphatic hydroxyl groups excluding tert-OH is 1. The number of aromatic nitrogens is 1. The molecule has 0 unspecified atom stereocenters. The molecular formula is C22H20FN3O3. The highest BCUT2D eigenvalue weighted by molar-refractivity contribution is 6.06. The van der Waals surface area contributed by atoms with Gasteiger partial charge < -0.3 is 15.3 Å². The second kappa shape index (κ2) is 7.97. The summed E-state index contributed by atoms with van der Waals surface area (Å²) in [6.07, 6.45) is 2.28. The van der Waals surface area contributed by atoms with Crippen LogP contribution in [0.4, 0.5) is 10.1 Å². The van der Waals surface area contributed by atoms with Crippen LogP contribution in [0.1, 0.15) is 33.6 Å². The van der Waals surface area contributed by atoms with E-state index in [2.05, 4.69) is 10.3 Å². The highest BCUT2D eigenvalue weighted by Gasteiger charge is 2.23. The zero-order valence-electron chi connectivity index (χ0n) is 15.6. The second-order valence-electron chi connectivity index (χ2n) is 7.12. The first-order valence-corrected chi connectivity index (χ1v) is 9.44. The summed E-state index contributed by atoms with van der Waals surface area (Å²) in [4.78, 5) is 31.1. The van der Waals surface area contributed by atoms with Gasteiger partial charge in [0.1, 0.15) is 5.82 Å². The van der Waals surface area contributed by atoms with Crippen molar-refractivity contribution in [2.24, 2.45) is 0 Å². The Morgan fingerprint density at radius 2 is 1.86 bits per heavy atom. The molecule has 4 rings (SSSR count). The first-order chi connectivity index (χ1) is 14.0. The maximum atomic E-state index is 14.1. The van der Waals surface area contributed by atoms with Crippen LogP contribution in [0, 0.1) is 5.82 Å². The summed E-state index contributed by atoms with van der Waals surface area (Å²) in [5, 5.41) is 13.1. The van der Waals surface area contributed by atoms with Crippen LogP contribution in [0.3, 0.4) is 0 Å². The Morgan fingerprint density at radius 3 is 2.66 bits per heavy atom. The number of hydrogen-bond donors (Lipinski definition) is 2. The maximum Gasteiger partial charge on any atom is 0.255 e. The van der Waals surface area contributed by atoms with Crippen molar-refractivity contribution in [2.75, 3.05) is 18.4 Å². The topological polar surface area (TPSA) is 82.5 Å². The molecule has 0 bridgehead atoms. The summed E-state index contributed by atoms with van der Waals surface area (Å²) in [6, 6.07) is 12.5. The molecule has 1 aliphatic rings. The molecule has 0 saturated carbocycles. The molecule has 6 nitrogen and oxygen atoms in total. The summed E-state index contributed by atoms with van der Waals surface area (Å²) in [6.45, 7) is 0.840. The van der Waals surface area contributed by atoms with Crippen molar-refractivity contribution in [3.8, 4) is 0 Å². The Hall–Kier alpha value is -3.32. The van der Waals surface area contributed by atoms with E-state index < -0.39 is 17.8 Å². The lowest BCUT2D eigenvalue weighted by Gasteiger charge is -2.29. The number of nitrogens with one attached hydrogen (secondary N) is 1. The third-order valence-corrected chi connectivity index (χ3v) is 5.02. The predicted octanol–water partition coefficient (Wildman–Crippen LogP) is 3.22. The molecule has 0 aliphatic carbocycles. The fourth-order valence-corrected chi connectivity index (χ4v) is 3.46. The number of anilines is 1. The molecule has 2 amide bonds. The van der Waals surface area contributed by atoms with E-state index in [1.54, 1.807) is 35.4 Å². The van der Waals surface area contributed by atoms with Crippen molar-refractivity contribution in [2.45, 2.75) is 18.9 Å². The number of fused-ring (bicyclic) bond motifs is 1. The molecule has 0 radical (unpaired) electrons. The van der Waals surface area contributed by atoms with Gasteiger partial charge in [0, 0.05) is 41.5 Å². The number of carbonyl (C=O) groups is 2. The van der Waals surface area contributed by atoms with Gasteiger partial charge in [-0.3, -0.25) is 14.6 Å². The molecule has 1 saturated heterocycles. The van der Waals surface area contributed by atoms with E-state index >= 15 is 0 Å². The Morgan fingerprint density at radius 1 is 1.07 bits per heavy atom.